The number of halogens is 2. The average molecular weight is 561 g/mol. The zero-order chi connectivity index (χ0) is 25.2. The van der Waals surface area contributed by atoms with Crippen molar-refractivity contribution in [2.24, 2.45) is 0 Å². The van der Waals surface area contributed by atoms with Crippen molar-refractivity contribution < 1.29 is 18.7 Å². The summed E-state index contributed by atoms with van der Waals surface area (Å²) in [7, 11) is 1.28. The van der Waals surface area contributed by atoms with Crippen LogP contribution in [0.25, 0.3) is 33.3 Å². The number of hydrogen-bond acceptors (Lipinski definition) is 5. The minimum absolute atomic E-state index is 0.216. The van der Waals surface area contributed by atoms with Crippen LogP contribution in [0.2, 0.25) is 0 Å². The predicted octanol–water partition coefficient (Wildman–Crippen LogP) is 7.57. The number of ether oxygens (including phenoxy) is 1. The second-order valence-corrected chi connectivity index (χ2v) is 9.68. The Morgan fingerprint density at radius 1 is 0.972 bits per heavy atom. The van der Waals surface area contributed by atoms with E-state index in [2.05, 4.69) is 21.2 Å². The summed E-state index contributed by atoms with van der Waals surface area (Å²) in [5.74, 6) is -1.37. The molecule has 178 valence electrons. The summed E-state index contributed by atoms with van der Waals surface area (Å²) >= 11 is 4.69. The predicted molar refractivity (Wildman–Crippen MR) is 144 cm³/mol. The molecule has 0 atom stereocenters. The molecule has 5 nitrogen and oxygen atoms in total. The molecule has 0 saturated carbocycles. The van der Waals surface area contributed by atoms with Gasteiger partial charge in [-0.05, 0) is 42.0 Å². The Morgan fingerprint density at radius 2 is 1.75 bits per heavy atom. The van der Waals surface area contributed by atoms with Crippen molar-refractivity contribution in [3.63, 3.8) is 0 Å². The van der Waals surface area contributed by atoms with Crippen LogP contribution in [0.3, 0.4) is 0 Å². The van der Waals surface area contributed by atoms with Crippen LogP contribution in [-0.4, -0.2) is 24.0 Å². The number of nitrogens with one attached hydrogen (secondary N) is 1. The van der Waals surface area contributed by atoms with Gasteiger partial charge in [0.25, 0.3) is 5.91 Å². The minimum Gasteiger partial charge on any atom is -0.465 e. The minimum atomic E-state index is -0.597. The Labute approximate surface area is 218 Å². The van der Waals surface area contributed by atoms with Crippen LogP contribution >= 0.6 is 27.3 Å². The van der Waals surface area contributed by atoms with Gasteiger partial charge in [0.15, 0.2) is 0 Å². The van der Waals surface area contributed by atoms with E-state index in [9.17, 15) is 14.0 Å². The van der Waals surface area contributed by atoms with E-state index in [1.54, 1.807) is 23.6 Å². The fourth-order valence-corrected chi connectivity index (χ4v) is 5.28. The van der Waals surface area contributed by atoms with Crippen molar-refractivity contribution in [1.82, 2.24) is 4.98 Å². The summed E-state index contributed by atoms with van der Waals surface area (Å²) in [4.78, 5) is 31.0. The summed E-state index contributed by atoms with van der Waals surface area (Å²) in [6.07, 6.45) is 0. The van der Waals surface area contributed by atoms with E-state index in [-0.39, 0.29) is 17.3 Å². The Morgan fingerprint density at radius 3 is 2.50 bits per heavy atom. The lowest BCUT2D eigenvalue weighted by molar-refractivity contribution is 0.0603. The number of anilines is 1. The topological polar surface area (TPSA) is 68.3 Å². The zero-order valence-electron chi connectivity index (χ0n) is 18.9. The lowest BCUT2D eigenvalue weighted by Crippen LogP contribution is -2.15. The van der Waals surface area contributed by atoms with Crippen LogP contribution in [0.5, 0.6) is 0 Å². The third kappa shape index (κ3) is 4.65. The summed E-state index contributed by atoms with van der Waals surface area (Å²) in [6.45, 7) is 0. The molecule has 0 bridgehead atoms. The van der Waals surface area contributed by atoms with Gasteiger partial charge < -0.3 is 10.1 Å². The van der Waals surface area contributed by atoms with E-state index < -0.39 is 5.97 Å². The number of pyridine rings is 1. The number of carbonyl (C=O) groups is 2. The normalized spacial score (nSPS) is 10.9. The van der Waals surface area contributed by atoms with E-state index in [1.165, 1.54) is 30.6 Å². The Balaban J connectivity index is 1.58. The molecule has 1 N–H and O–H groups in total. The molecule has 3 aromatic carbocycles. The fraction of sp³-hybridized carbons (Fsp3) is 0.0357. The van der Waals surface area contributed by atoms with Gasteiger partial charge in [-0.2, -0.15) is 0 Å². The highest BCUT2D eigenvalue weighted by Gasteiger charge is 2.24. The molecular formula is C28H18BrFN2O3S. The second kappa shape index (κ2) is 10.0. The standard InChI is InChI=1S/C28H18BrFN2O3S/c1-35-28(34)25-22(16-9-11-19(30)12-10-16)15-36-27(25)32-26(33)21-14-24(17-5-4-6-18(29)13-17)31-23-8-3-2-7-20(21)23/h2-15H,1H3,(H,32,33). The number of aromatic nitrogens is 1. The van der Waals surface area contributed by atoms with Gasteiger partial charge in [0.05, 0.1) is 23.9 Å². The highest BCUT2D eigenvalue weighted by Crippen LogP contribution is 2.37. The number of hydrogen-bond donors (Lipinski definition) is 1. The molecule has 5 aromatic rings. The first-order chi connectivity index (χ1) is 17.4. The largest absolute Gasteiger partial charge is 0.465 e. The van der Waals surface area contributed by atoms with Crippen LogP contribution in [0.1, 0.15) is 20.7 Å². The molecule has 0 saturated heterocycles. The van der Waals surface area contributed by atoms with Gasteiger partial charge in [-0.25, -0.2) is 14.2 Å². The van der Waals surface area contributed by atoms with Crippen LogP contribution in [0.4, 0.5) is 9.39 Å². The number of para-hydroxylation sites is 1. The molecule has 0 unspecified atom stereocenters. The van der Waals surface area contributed by atoms with Crippen molar-refractivity contribution in [2.75, 3.05) is 12.4 Å². The summed E-state index contributed by atoms with van der Waals surface area (Å²) in [5.41, 5.74) is 4.00. The first-order valence-electron chi connectivity index (χ1n) is 10.9. The lowest BCUT2D eigenvalue weighted by Gasteiger charge is -2.11. The maximum absolute atomic E-state index is 13.6. The van der Waals surface area contributed by atoms with Gasteiger partial charge in [-0.15, -0.1) is 11.3 Å². The number of amides is 1. The van der Waals surface area contributed by atoms with Crippen LogP contribution < -0.4 is 5.32 Å². The van der Waals surface area contributed by atoms with Crippen LogP contribution in [0.15, 0.2) is 88.7 Å². The summed E-state index contributed by atoms with van der Waals surface area (Å²) in [5, 5.41) is 5.66. The number of carbonyl (C=O) groups excluding carboxylic acids is 2. The molecular weight excluding hydrogens is 543 g/mol. The first-order valence-corrected chi connectivity index (χ1v) is 12.5. The van der Waals surface area contributed by atoms with Gasteiger partial charge in [0.1, 0.15) is 16.4 Å². The molecule has 8 heteroatoms. The van der Waals surface area contributed by atoms with Crippen molar-refractivity contribution in [3.8, 4) is 22.4 Å². The molecule has 0 fully saturated rings. The highest BCUT2D eigenvalue weighted by atomic mass is 79.9. The molecule has 5 rings (SSSR count). The molecule has 0 aliphatic rings. The highest BCUT2D eigenvalue weighted by molar-refractivity contribution is 9.10. The second-order valence-electron chi connectivity index (χ2n) is 7.89. The number of nitrogens with zero attached hydrogens (tertiary/aromatic N) is 1. The number of thiophene rings is 1. The molecule has 0 spiro atoms. The molecule has 2 heterocycles. The van der Waals surface area contributed by atoms with Crippen molar-refractivity contribution >= 4 is 55.0 Å². The monoisotopic (exact) mass is 560 g/mol. The Hall–Kier alpha value is -3.88. The van der Waals surface area contributed by atoms with E-state index in [1.807, 2.05) is 48.5 Å². The molecule has 36 heavy (non-hydrogen) atoms. The summed E-state index contributed by atoms with van der Waals surface area (Å²) in [6, 6.07) is 22.6. The molecule has 0 radical (unpaired) electrons. The number of methoxy groups -OCH3 is 1. The van der Waals surface area contributed by atoms with Gasteiger partial charge in [0, 0.05) is 26.4 Å². The summed E-state index contributed by atoms with van der Waals surface area (Å²) < 4.78 is 19.3. The van der Waals surface area contributed by atoms with Crippen molar-refractivity contribution in [2.45, 2.75) is 0 Å². The quantitative estimate of drug-likeness (QED) is 0.225. The van der Waals surface area contributed by atoms with Gasteiger partial charge in [-0.3, -0.25) is 4.79 Å². The van der Waals surface area contributed by atoms with Crippen molar-refractivity contribution in [3.05, 3.63) is 106 Å². The smallest absolute Gasteiger partial charge is 0.341 e. The molecule has 0 aliphatic heterocycles. The van der Waals surface area contributed by atoms with Crippen LogP contribution in [0, 0.1) is 5.82 Å². The molecule has 1 amide bonds. The van der Waals surface area contributed by atoms with Gasteiger partial charge >= 0.3 is 5.97 Å². The number of esters is 1. The average Bonchev–Trinajstić information content (AvgIpc) is 3.31. The van der Waals surface area contributed by atoms with Gasteiger partial charge in [0.2, 0.25) is 0 Å². The SMILES string of the molecule is COC(=O)c1c(-c2ccc(F)cc2)csc1NC(=O)c1cc(-c2cccc(Br)c2)nc2ccccc12. The maximum atomic E-state index is 13.6. The van der Waals surface area contributed by atoms with E-state index in [4.69, 9.17) is 9.72 Å². The molecule has 2 aromatic heterocycles. The van der Waals surface area contributed by atoms with Crippen LogP contribution in [-0.2, 0) is 4.74 Å². The van der Waals surface area contributed by atoms with E-state index in [0.717, 1.165) is 10.0 Å². The first kappa shape index (κ1) is 23.8. The zero-order valence-corrected chi connectivity index (χ0v) is 21.3. The van der Waals surface area contributed by atoms with E-state index >= 15 is 0 Å². The Bertz CT molecular complexity index is 1620. The third-order valence-corrected chi connectivity index (χ3v) is 7.03. The van der Waals surface area contributed by atoms with E-state index in [0.29, 0.717) is 38.3 Å². The third-order valence-electron chi connectivity index (χ3n) is 5.64. The lowest BCUT2D eigenvalue weighted by atomic mass is 10.0. The maximum Gasteiger partial charge on any atom is 0.341 e. The number of fused-ring (bicyclic) bond motifs is 1. The fourth-order valence-electron chi connectivity index (χ4n) is 3.93. The Kier molecular flexibility index (Phi) is 6.63. The van der Waals surface area contributed by atoms with Gasteiger partial charge in [-0.1, -0.05) is 58.4 Å². The number of rotatable bonds is 5. The molecule has 0 aliphatic carbocycles. The van der Waals surface area contributed by atoms with Crippen molar-refractivity contribution in [1.29, 1.82) is 0 Å². The number of benzene rings is 3.